The number of carbonyl (C=O) groups is 1. The number of rotatable bonds is 4. The van der Waals surface area contributed by atoms with Gasteiger partial charge in [-0.3, -0.25) is 4.79 Å². The van der Waals surface area contributed by atoms with Gasteiger partial charge in [0, 0.05) is 18.1 Å². The molecule has 164 valence electrons. The van der Waals surface area contributed by atoms with Crippen molar-refractivity contribution < 1.29 is 26.4 Å². The van der Waals surface area contributed by atoms with Crippen molar-refractivity contribution in [2.45, 2.75) is 37.3 Å². The summed E-state index contributed by atoms with van der Waals surface area (Å²) in [6.45, 7) is 6.05. The van der Waals surface area contributed by atoms with E-state index in [0.29, 0.717) is 0 Å². The molecule has 1 aromatic heterocycles. The zero-order valence-electron chi connectivity index (χ0n) is 17.1. The van der Waals surface area contributed by atoms with E-state index in [9.17, 15) is 26.4 Å². The summed E-state index contributed by atoms with van der Waals surface area (Å²) in [4.78, 5) is 12.5. The Morgan fingerprint density at radius 1 is 0.871 bits per heavy atom. The highest BCUT2D eigenvalue weighted by Gasteiger charge is 2.30. The average molecular weight is 450 g/mol. The quantitative estimate of drug-likeness (QED) is 0.587. The third-order valence-corrected chi connectivity index (χ3v) is 6.35. The summed E-state index contributed by atoms with van der Waals surface area (Å²) in [5.74, 6) is -0.642. The maximum atomic E-state index is 12.8. The molecule has 2 aromatic carbocycles. The molecule has 0 aliphatic rings. The fourth-order valence-corrected chi connectivity index (χ4v) is 4.05. The van der Waals surface area contributed by atoms with Crippen LogP contribution in [0.1, 0.15) is 42.3 Å². The normalized spacial score (nSPS) is 12.6. The highest BCUT2D eigenvalue weighted by atomic mass is 32.2. The molecule has 3 rings (SSSR count). The van der Waals surface area contributed by atoms with Gasteiger partial charge >= 0.3 is 6.18 Å². The Labute approximate surface area is 178 Å². The summed E-state index contributed by atoms with van der Waals surface area (Å²) in [6, 6.07) is 11.8. The van der Waals surface area contributed by atoms with E-state index < -0.39 is 27.7 Å². The molecule has 1 heterocycles. The Balaban J connectivity index is 1.78. The van der Waals surface area contributed by atoms with Gasteiger partial charge in [0.15, 0.2) is 0 Å². The van der Waals surface area contributed by atoms with Crippen molar-refractivity contribution in [2.24, 2.45) is 0 Å². The summed E-state index contributed by atoms with van der Waals surface area (Å²) >= 11 is 0. The third-order valence-electron chi connectivity index (χ3n) is 4.70. The standard InChI is InChI=1S/C22H21F3N2O3S/c1-21(2,3)16-6-10-19(11-7-16)31(29,30)27-13-12-15(14-27)20(28)26-18-8-4-17(5-9-18)22(23,24)25/h4-14H,1-3H3,(H,26,28). The number of nitrogens with zero attached hydrogens (tertiary/aromatic N) is 1. The Morgan fingerprint density at radius 2 is 1.42 bits per heavy atom. The van der Waals surface area contributed by atoms with E-state index in [2.05, 4.69) is 5.32 Å². The van der Waals surface area contributed by atoms with Crippen LogP contribution in [0.25, 0.3) is 0 Å². The number of anilines is 1. The molecular formula is C22H21F3N2O3S. The van der Waals surface area contributed by atoms with E-state index in [1.54, 1.807) is 12.1 Å². The molecule has 0 radical (unpaired) electrons. The van der Waals surface area contributed by atoms with Gasteiger partial charge in [-0.25, -0.2) is 12.4 Å². The average Bonchev–Trinajstić information content (AvgIpc) is 3.18. The summed E-state index contributed by atoms with van der Waals surface area (Å²) in [5, 5.41) is 2.45. The van der Waals surface area contributed by atoms with E-state index in [0.717, 1.165) is 40.0 Å². The van der Waals surface area contributed by atoms with Crippen molar-refractivity contribution >= 4 is 21.6 Å². The van der Waals surface area contributed by atoms with Crippen LogP contribution in [0.3, 0.4) is 0 Å². The van der Waals surface area contributed by atoms with Gasteiger partial charge < -0.3 is 5.32 Å². The molecule has 0 spiro atoms. The second-order valence-electron chi connectivity index (χ2n) is 8.04. The molecule has 1 N–H and O–H groups in total. The smallest absolute Gasteiger partial charge is 0.322 e. The topological polar surface area (TPSA) is 68.2 Å². The predicted octanol–water partition coefficient (Wildman–Crippen LogP) is 5.29. The zero-order valence-corrected chi connectivity index (χ0v) is 17.9. The SMILES string of the molecule is CC(C)(C)c1ccc(S(=O)(=O)n2ccc(C(=O)Nc3ccc(C(F)(F)F)cc3)c2)cc1. The minimum atomic E-state index is -4.47. The van der Waals surface area contributed by atoms with Gasteiger partial charge in [0.1, 0.15) is 0 Å². The van der Waals surface area contributed by atoms with Crippen molar-refractivity contribution in [1.29, 1.82) is 0 Å². The van der Waals surface area contributed by atoms with E-state index in [4.69, 9.17) is 0 Å². The molecule has 0 aliphatic carbocycles. The largest absolute Gasteiger partial charge is 0.416 e. The Morgan fingerprint density at radius 3 is 1.94 bits per heavy atom. The van der Waals surface area contributed by atoms with Crippen molar-refractivity contribution in [2.75, 3.05) is 5.32 Å². The summed E-state index contributed by atoms with van der Waals surface area (Å²) < 4.78 is 64.5. The summed E-state index contributed by atoms with van der Waals surface area (Å²) in [6.07, 6.45) is -2.07. The van der Waals surface area contributed by atoms with Crippen LogP contribution in [0, 0.1) is 0 Å². The molecule has 3 aromatic rings. The first-order valence-electron chi connectivity index (χ1n) is 9.31. The number of alkyl halides is 3. The van der Waals surface area contributed by atoms with Crippen LogP contribution in [0.2, 0.25) is 0 Å². The number of hydrogen-bond acceptors (Lipinski definition) is 3. The van der Waals surface area contributed by atoms with Crippen molar-refractivity contribution in [3.8, 4) is 0 Å². The molecule has 0 saturated carbocycles. The molecule has 9 heteroatoms. The lowest BCUT2D eigenvalue weighted by Crippen LogP contribution is -2.15. The highest BCUT2D eigenvalue weighted by molar-refractivity contribution is 7.90. The van der Waals surface area contributed by atoms with E-state index in [1.165, 1.54) is 24.4 Å². The van der Waals surface area contributed by atoms with Crippen LogP contribution >= 0.6 is 0 Å². The number of amides is 1. The van der Waals surface area contributed by atoms with E-state index in [1.807, 2.05) is 20.8 Å². The molecule has 5 nitrogen and oxygen atoms in total. The number of halogens is 3. The van der Waals surface area contributed by atoms with E-state index >= 15 is 0 Å². The Bertz CT molecular complexity index is 1190. The Kier molecular flexibility index (Phi) is 5.75. The van der Waals surface area contributed by atoms with Gasteiger partial charge in [-0.05, 0) is 53.4 Å². The third kappa shape index (κ3) is 4.99. The highest BCUT2D eigenvalue weighted by Crippen LogP contribution is 2.30. The maximum absolute atomic E-state index is 12.8. The monoisotopic (exact) mass is 450 g/mol. The molecule has 0 atom stereocenters. The summed E-state index contributed by atoms with van der Waals surface area (Å²) in [7, 11) is -3.90. The lowest BCUT2D eigenvalue weighted by atomic mass is 9.87. The van der Waals surface area contributed by atoms with Crippen LogP contribution in [-0.2, 0) is 21.6 Å². The second kappa shape index (κ2) is 7.88. The predicted molar refractivity (Wildman–Crippen MR) is 112 cm³/mol. The van der Waals surface area contributed by atoms with Crippen LogP contribution in [0.15, 0.2) is 71.9 Å². The fourth-order valence-electron chi connectivity index (χ4n) is 2.86. The molecule has 0 aliphatic heterocycles. The minimum absolute atomic E-state index is 0.0507. The van der Waals surface area contributed by atoms with Crippen LogP contribution in [0.4, 0.5) is 18.9 Å². The molecule has 0 unspecified atom stereocenters. The molecule has 1 amide bonds. The van der Waals surface area contributed by atoms with Crippen LogP contribution in [0.5, 0.6) is 0 Å². The first-order valence-corrected chi connectivity index (χ1v) is 10.8. The lowest BCUT2D eigenvalue weighted by molar-refractivity contribution is -0.137. The van der Waals surface area contributed by atoms with Crippen molar-refractivity contribution in [3.05, 3.63) is 83.7 Å². The zero-order chi connectivity index (χ0) is 23.0. The van der Waals surface area contributed by atoms with Gasteiger partial charge in [-0.1, -0.05) is 32.9 Å². The molecule has 0 saturated heterocycles. The minimum Gasteiger partial charge on any atom is -0.322 e. The number of nitrogens with one attached hydrogen (secondary N) is 1. The van der Waals surface area contributed by atoms with Gasteiger partial charge in [0.05, 0.1) is 16.0 Å². The van der Waals surface area contributed by atoms with Gasteiger partial charge in [-0.2, -0.15) is 13.2 Å². The number of benzene rings is 2. The van der Waals surface area contributed by atoms with E-state index in [-0.39, 0.29) is 21.6 Å². The van der Waals surface area contributed by atoms with Gasteiger partial charge in [0.25, 0.3) is 15.9 Å². The van der Waals surface area contributed by atoms with Crippen molar-refractivity contribution in [1.82, 2.24) is 3.97 Å². The number of hydrogen-bond donors (Lipinski definition) is 1. The van der Waals surface area contributed by atoms with Gasteiger partial charge in [-0.15, -0.1) is 0 Å². The van der Waals surface area contributed by atoms with Crippen LogP contribution < -0.4 is 5.32 Å². The molecule has 31 heavy (non-hydrogen) atoms. The summed E-state index contributed by atoms with van der Waals surface area (Å²) in [5.41, 5.74) is 0.233. The molecular weight excluding hydrogens is 429 g/mol. The number of aromatic nitrogens is 1. The first-order chi connectivity index (χ1) is 14.3. The van der Waals surface area contributed by atoms with Crippen LogP contribution in [-0.4, -0.2) is 18.3 Å². The Hall–Kier alpha value is -3.07. The fraction of sp³-hybridized carbons (Fsp3) is 0.227. The van der Waals surface area contributed by atoms with Crippen molar-refractivity contribution in [3.63, 3.8) is 0 Å². The van der Waals surface area contributed by atoms with Gasteiger partial charge in [0.2, 0.25) is 0 Å². The maximum Gasteiger partial charge on any atom is 0.416 e. The number of carbonyl (C=O) groups excluding carboxylic acids is 1. The first kappa shape index (κ1) is 22.6. The molecule has 0 bridgehead atoms. The second-order valence-corrected chi connectivity index (χ2v) is 9.88. The molecule has 0 fully saturated rings. The lowest BCUT2D eigenvalue weighted by Gasteiger charge is -2.19.